The molecule has 0 aromatic heterocycles. The van der Waals surface area contributed by atoms with Gasteiger partial charge in [-0.05, 0) is 6.92 Å². The summed E-state index contributed by atoms with van der Waals surface area (Å²) < 4.78 is 56.2. The maximum Gasteiger partial charge on any atom is 0.303 e. The highest BCUT2D eigenvalue weighted by atomic mass is 16.8. The maximum atomic E-state index is 12.2. The van der Waals surface area contributed by atoms with E-state index in [-0.39, 0.29) is 6.61 Å². The van der Waals surface area contributed by atoms with E-state index in [4.69, 9.17) is 47.4 Å². The number of fused-ring (bicyclic) bond motifs is 1. The molecule has 3 aliphatic heterocycles. The van der Waals surface area contributed by atoms with Crippen LogP contribution in [-0.4, -0.2) is 117 Å². The minimum atomic E-state index is -1.62. The van der Waals surface area contributed by atoms with Crippen molar-refractivity contribution < 1.29 is 76.1 Å². The summed E-state index contributed by atoms with van der Waals surface area (Å²) in [6.45, 7) is 7.59. The van der Waals surface area contributed by atoms with Gasteiger partial charge < -0.3 is 47.4 Å². The molecular formula is C26H37NO16. The molecule has 242 valence electrons. The number of ether oxygens (including phenoxy) is 10. The summed E-state index contributed by atoms with van der Waals surface area (Å²) in [6.07, 6.45) is -12.4. The SMILES string of the molecule is CC(=O)OCC1O[C@@H](O[C@@H]2C(COC(C)=O)O[C@@H]3O[C@@H](C)NC3[C@H]2OC(C)=O)[C@@H](OC(C)=O)C(OC(C)=O)[C@H]1OC(C)=O. The molecule has 0 aliphatic carbocycles. The van der Waals surface area contributed by atoms with E-state index in [1.165, 1.54) is 13.8 Å². The first-order valence-corrected chi connectivity index (χ1v) is 13.5. The fourth-order valence-electron chi connectivity index (χ4n) is 4.99. The lowest BCUT2D eigenvalue weighted by Crippen LogP contribution is -2.67. The average molecular weight is 620 g/mol. The zero-order chi connectivity index (χ0) is 32.0. The number of hydrogen-bond acceptors (Lipinski definition) is 17. The van der Waals surface area contributed by atoms with E-state index in [1.54, 1.807) is 6.92 Å². The third kappa shape index (κ3) is 9.30. The molecule has 0 spiro atoms. The van der Waals surface area contributed by atoms with Gasteiger partial charge in [0, 0.05) is 41.5 Å². The first kappa shape index (κ1) is 34.1. The van der Waals surface area contributed by atoms with Crippen LogP contribution in [-0.2, 0) is 76.1 Å². The first-order chi connectivity index (χ1) is 20.2. The highest BCUT2D eigenvalue weighted by molar-refractivity contribution is 5.69. The summed E-state index contributed by atoms with van der Waals surface area (Å²) >= 11 is 0. The molecular weight excluding hydrogens is 582 g/mol. The molecule has 3 heterocycles. The van der Waals surface area contributed by atoms with Gasteiger partial charge >= 0.3 is 35.8 Å². The highest BCUT2D eigenvalue weighted by Crippen LogP contribution is 2.36. The minimum Gasteiger partial charge on any atom is -0.463 e. The van der Waals surface area contributed by atoms with Crippen molar-refractivity contribution in [2.75, 3.05) is 13.2 Å². The van der Waals surface area contributed by atoms with Crippen molar-refractivity contribution in [3.8, 4) is 0 Å². The second kappa shape index (κ2) is 14.9. The van der Waals surface area contributed by atoms with Gasteiger partial charge in [-0.25, -0.2) is 0 Å². The van der Waals surface area contributed by atoms with Gasteiger partial charge in [0.2, 0.25) is 0 Å². The number of rotatable bonds is 10. The van der Waals surface area contributed by atoms with Crippen LogP contribution in [0.1, 0.15) is 48.5 Å². The van der Waals surface area contributed by atoms with Gasteiger partial charge in [-0.3, -0.25) is 34.1 Å². The fraction of sp³-hybridized carbons (Fsp3) is 0.769. The minimum absolute atomic E-state index is 0.371. The fourth-order valence-corrected chi connectivity index (χ4v) is 4.99. The summed E-state index contributed by atoms with van der Waals surface area (Å²) in [5, 5.41) is 3.09. The zero-order valence-corrected chi connectivity index (χ0v) is 24.8. The number of esters is 6. The normalized spacial score (nSPS) is 35.1. The van der Waals surface area contributed by atoms with Gasteiger partial charge in [0.15, 0.2) is 37.0 Å². The van der Waals surface area contributed by atoms with E-state index in [0.717, 1.165) is 27.7 Å². The molecule has 0 aromatic carbocycles. The lowest BCUT2D eigenvalue weighted by atomic mass is 9.95. The first-order valence-electron chi connectivity index (χ1n) is 13.5. The van der Waals surface area contributed by atoms with Crippen molar-refractivity contribution in [2.24, 2.45) is 0 Å². The summed E-state index contributed by atoms with van der Waals surface area (Å²) in [6, 6.07) is -0.761. The van der Waals surface area contributed by atoms with E-state index >= 15 is 0 Å². The van der Waals surface area contributed by atoms with Crippen molar-refractivity contribution in [1.82, 2.24) is 5.32 Å². The Morgan fingerprint density at radius 2 is 1.02 bits per heavy atom. The zero-order valence-electron chi connectivity index (χ0n) is 24.8. The van der Waals surface area contributed by atoms with Crippen molar-refractivity contribution in [1.29, 1.82) is 0 Å². The van der Waals surface area contributed by atoms with E-state index in [1.807, 2.05) is 0 Å². The summed E-state index contributed by atoms with van der Waals surface area (Å²) in [4.78, 5) is 71.9. The third-order valence-electron chi connectivity index (χ3n) is 6.40. The molecule has 43 heavy (non-hydrogen) atoms. The Bertz CT molecular complexity index is 1070. The molecule has 3 rings (SSSR count). The molecule has 17 nitrogen and oxygen atoms in total. The van der Waals surface area contributed by atoms with E-state index in [0.29, 0.717) is 0 Å². The molecule has 0 radical (unpaired) electrons. The molecule has 3 saturated heterocycles. The molecule has 11 atom stereocenters. The lowest BCUT2D eigenvalue weighted by Gasteiger charge is -2.48. The second-order valence-corrected chi connectivity index (χ2v) is 10.1. The van der Waals surface area contributed by atoms with Crippen LogP contribution in [0.5, 0.6) is 0 Å². The van der Waals surface area contributed by atoms with Crippen molar-refractivity contribution >= 4 is 35.8 Å². The third-order valence-corrected chi connectivity index (χ3v) is 6.40. The van der Waals surface area contributed by atoms with Crippen LogP contribution < -0.4 is 5.32 Å². The van der Waals surface area contributed by atoms with Crippen LogP contribution in [0.4, 0.5) is 0 Å². The van der Waals surface area contributed by atoms with Crippen LogP contribution in [0.25, 0.3) is 0 Å². The smallest absolute Gasteiger partial charge is 0.303 e. The van der Waals surface area contributed by atoms with Gasteiger partial charge in [-0.2, -0.15) is 0 Å². The van der Waals surface area contributed by atoms with Crippen LogP contribution >= 0.6 is 0 Å². The highest BCUT2D eigenvalue weighted by Gasteiger charge is 2.58. The molecule has 4 unspecified atom stereocenters. The Morgan fingerprint density at radius 3 is 1.53 bits per heavy atom. The summed E-state index contributed by atoms with van der Waals surface area (Å²) in [7, 11) is 0. The Balaban J connectivity index is 2.06. The predicted molar refractivity (Wildman–Crippen MR) is 135 cm³/mol. The number of carbonyl (C=O) groups is 6. The molecule has 0 amide bonds. The summed E-state index contributed by atoms with van der Waals surface area (Å²) in [5.74, 6) is -4.50. The average Bonchev–Trinajstić information content (AvgIpc) is 3.25. The van der Waals surface area contributed by atoms with Gasteiger partial charge in [0.05, 0.1) is 0 Å². The Hall–Kier alpha value is -3.38. The quantitative estimate of drug-likeness (QED) is 0.230. The number of hydrogen-bond donors (Lipinski definition) is 1. The topological polar surface area (TPSA) is 207 Å². The Labute approximate surface area is 246 Å². The molecule has 3 aliphatic rings. The van der Waals surface area contributed by atoms with Crippen molar-refractivity contribution in [2.45, 2.75) is 116 Å². The number of nitrogens with one attached hydrogen (secondary N) is 1. The monoisotopic (exact) mass is 619 g/mol. The molecule has 0 saturated carbocycles. The van der Waals surface area contributed by atoms with Crippen LogP contribution in [0.15, 0.2) is 0 Å². The van der Waals surface area contributed by atoms with Gasteiger partial charge in [0.1, 0.15) is 43.8 Å². The van der Waals surface area contributed by atoms with Crippen molar-refractivity contribution in [3.63, 3.8) is 0 Å². The molecule has 0 aromatic rings. The van der Waals surface area contributed by atoms with Gasteiger partial charge in [0.25, 0.3) is 0 Å². The molecule has 17 heteroatoms. The second-order valence-electron chi connectivity index (χ2n) is 10.1. The summed E-state index contributed by atoms with van der Waals surface area (Å²) in [5.41, 5.74) is 0. The molecule has 0 bridgehead atoms. The van der Waals surface area contributed by atoms with Crippen molar-refractivity contribution in [3.05, 3.63) is 0 Å². The van der Waals surface area contributed by atoms with E-state index in [9.17, 15) is 28.8 Å². The Morgan fingerprint density at radius 1 is 0.558 bits per heavy atom. The molecule has 1 N–H and O–H groups in total. The van der Waals surface area contributed by atoms with Crippen LogP contribution in [0, 0.1) is 0 Å². The predicted octanol–water partition coefficient (Wildman–Crippen LogP) is -0.991. The largest absolute Gasteiger partial charge is 0.463 e. The molecule has 3 fully saturated rings. The van der Waals surface area contributed by atoms with Gasteiger partial charge in [-0.15, -0.1) is 0 Å². The van der Waals surface area contributed by atoms with Crippen LogP contribution in [0.2, 0.25) is 0 Å². The van der Waals surface area contributed by atoms with Crippen LogP contribution in [0.3, 0.4) is 0 Å². The maximum absolute atomic E-state index is 12.2. The number of carbonyl (C=O) groups excluding carboxylic acids is 6. The standard InChI is InChI=1S/C26H37NO16/c1-10-27-19-22(38-14(5)31)20(17(8-34-11(2)28)41-25(19)36-10)43-26-24(40-16(7)33)23(39-15(6)32)21(37-13(4)30)18(42-26)9-35-12(3)29/h10,17-27H,8-9H2,1-7H3/t10-,17?,18?,19?,20+,21-,22+,23?,24-,25-,26-/m0/s1. The van der Waals surface area contributed by atoms with E-state index in [2.05, 4.69) is 5.32 Å². The Kier molecular flexibility index (Phi) is 11.8. The lowest BCUT2D eigenvalue weighted by molar-refractivity contribution is -0.345. The van der Waals surface area contributed by atoms with Gasteiger partial charge in [-0.1, -0.05) is 0 Å². The van der Waals surface area contributed by atoms with E-state index < -0.39 is 110 Å².